The van der Waals surface area contributed by atoms with Crippen LogP contribution in [0, 0.1) is 5.92 Å². The van der Waals surface area contributed by atoms with Crippen LogP contribution in [0.15, 0.2) is 0 Å². The highest BCUT2D eigenvalue weighted by Gasteiger charge is 2.40. The van der Waals surface area contributed by atoms with E-state index >= 15 is 0 Å². The number of imide groups is 1. The van der Waals surface area contributed by atoms with Crippen LogP contribution in [-0.4, -0.2) is 58.8 Å². The Bertz CT molecular complexity index is 427. The molecule has 2 rings (SSSR count). The summed E-state index contributed by atoms with van der Waals surface area (Å²) >= 11 is 5.08. The molecule has 0 aliphatic carbocycles. The molecule has 0 aromatic heterocycles. The Morgan fingerprint density at radius 2 is 2.10 bits per heavy atom. The minimum Gasteiger partial charge on any atom is -0.469 e. The van der Waals surface area contributed by atoms with E-state index < -0.39 is 6.09 Å². The second-order valence-corrected chi connectivity index (χ2v) is 5.86. The quantitative estimate of drug-likeness (QED) is 0.731. The minimum absolute atomic E-state index is 0.0845. The van der Waals surface area contributed by atoms with E-state index in [1.54, 1.807) is 0 Å². The molecule has 0 unspecified atom stereocenters. The van der Waals surface area contributed by atoms with Gasteiger partial charge in [0.15, 0.2) is 0 Å². The van der Waals surface area contributed by atoms with Gasteiger partial charge in [-0.15, -0.1) is 0 Å². The van der Waals surface area contributed by atoms with Crippen molar-refractivity contribution in [3.8, 4) is 0 Å². The molecule has 20 heavy (non-hydrogen) atoms. The number of rotatable bonds is 4. The van der Waals surface area contributed by atoms with Crippen LogP contribution in [0.1, 0.15) is 27.2 Å². The SMILES string of the molecule is CC(C)[C@H]1COC(=O)N1C(=O)C[C@@H](C)N1CCOC1=S. The van der Waals surface area contributed by atoms with Gasteiger partial charge >= 0.3 is 6.09 Å². The van der Waals surface area contributed by atoms with Gasteiger partial charge in [-0.25, -0.2) is 9.69 Å². The molecule has 2 heterocycles. The Labute approximate surface area is 124 Å². The topological polar surface area (TPSA) is 59.1 Å². The van der Waals surface area contributed by atoms with Crippen LogP contribution < -0.4 is 0 Å². The summed E-state index contributed by atoms with van der Waals surface area (Å²) in [6.07, 6.45) is -0.317. The Morgan fingerprint density at radius 3 is 2.65 bits per heavy atom. The van der Waals surface area contributed by atoms with Gasteiger partial charge in [0.2, 0.25) is 5.91 Å². The molecular weight excluding hydrogens is 280 g/mol. The molecule has 2 atom stereocenters. The van der Waals surface area contributed by atoms with Gasteiger partial charge in [-0.3, -0.25) is 4.79 Å². The zero-order valence-electron chi connectivity index (χ0n) is 12.0. The van der Waals surface area contributed by atoms with Crippen LogP contribution in [0.4, 0.5) is 4.79 Å². The first kappa shape index (κ1) is 15.0. The number of hydrogen-bond donors (Lipinski definition) is 0. The lowest BCUT2D eigenvalue weighted by atomic mass is 10.0. The number of hydrogen-bond acceptors (Lipinski definition) is 5. The first-order chi connectivity index (χ1) is 9.41. The number of carbonyl (C=O) groups is 2. The van der Waals surface area contributed by atoms with Crippen molar-refractivity contribution in [2.45, 2.75) is 39.3 Å². The molecule has 0 aromatic rings. The predicted molar refractivity (Wildman–Crippen MR) is 76.2 cm³/mol. The summed E-state index contributed by atoms with van der Waals surface area (Å²) in [6.45, 7) is 7.37. The molecule has 0 saturated carbocycles. The number of amides is 2. The number of ether oxygens (including phenoxy) is 2. The molecule has 2 saturated heterocycles. The fourth-order valence-corrected chi connectivity index (χ4v) is 2.84. The summed E-state index contributed by atoms with van der Waals surface area (Å²) < 4.78 is 10.2. The zero-order chi connectivity index (χ0) is 14.9. The third kappa shape index (κ3) is 2.87. The average Bonchev–Trinajstić information content (AvgIpc) is 2.95. The van der Waals surface area contributed by atoms with E-state index in [2.05, 4.69) is 0 Å². The van der Waals surface area contributed by atoms with Crippen molar-refractivity contribution in [2.24, 2.45) is 5.92 Å². The van der Waals surface area contributed by atoms with Crippen molar-refractivity contribution >= 4 is 29.4 Å². The normalized spacial score (nSPS) is 24.1. The molecule has 6 nitrogen and oxygen atoms in total. The van der Waals surface area contributed by atoms with E-state index in [0.717, 1.165) is 0 Å². The Hall–Kier alpha value is -1.37. The third-order valence-corrected chi connectivity index (χ3v) is 4.09. The lowest BCUT2D eigenvalue weighted by Gasteiger charge is -2.27. The molecule has 0 aromatic carbocycles. The van der Waals surface area contributed by atoms with Crippen molar-refractivity contribution in [1.82, 2.24) is 9.80 Å². The summed E-state index contributed by atoms with van der Waals surface area (Å²) in [5, 5.41) is 0.426. The summed E-state index contributed by atoms with van der Waals surface area (Å²) in [7, 11) is 0. The van der Waals surface area contributed by atoms with Gasteiger partial charge in [0.05, 0.1) is 12.6 Å². The fraction of sp³-hybridized carbons (Fsp3) is 0.769. The smallest absolute Gasteiger partial charge is 0.416 e. The van der Waals surface area contributed by atoms with Crippen LogP contribution in [0.5, 0.6) is 0 Å². The second kappa shape index (κ2) is 5.95. The van der Waals surface area contributed by atoms with Crippen LogP contribution >= 0.6 is 12.2 Å². The zero-order valence-corrected chi connectivity index (χ0v) is 12.8. The summed E-state index contributed by atoms with van der Waals surface area (Å²) in [5.41, 5.74) is 0. The van der Waals surface area contributed by atoms with E-state index in [-0.39, 0.29) is 36.9 Å². The molecule has 7 heteroatoms. The minimum atomic E-state index is -0.541. The van der Waals surface area contributed by atoms with Gasteiger partial charge in [-0.2, -0.15) is 0 Å². The maximum absolute atomic E-state index is 12.4. The summed E-state index contributed by atoms with van der Waals surface area (Å²) in [5.74, 6) is -0.0368. The van der Waals surface area contributed by atoms with Crippen molar-refractivity contribution in [1.29, 1.82) is 0 Å². The maximum atomic E-state index is 12.4. The average molecular weight is 300 g/mol. The lowest BCUT2D eigenvalue weighted by Crippen LogP contribution is -2.45. The van der Waals surface area contributed by atoms with Crippen LogP contribution in [-0.2, 0) is 14.3 Å². The molecule has 0 bridgehead atoms. The van der Waals surface area contributed by atoms with Gasteiger partial charge in [0.25, 0.3) is 5.17 Å². The molecule has 2 aliphatic rings. The Balaban J connectivity index is 1.99. The standard InChI is InChI=1S/C13H20N2O4S/c1-8(2)10-7-19-12(17)15(10)11(16)6-9(3)14-4-5-18-13(14)20/h8-10H,4-7H2,1-3H3/t9-,10-/m1/s1. The van der Waals surface area contributed by atoms with Gasteiger partial charge in [-0.05, 0) is 25.1 Å². The van der Waals surface area contributed by atoms with E-state index in [0.29, 0.717) is 18.3 Å². The Kier molecular flexibility index (Phi) is 4.47. The number of nitrogens with zero attached hydrogens (tertiary/aromatic N) is 2. The molecule has 2 amide bonds. The van der Waals surface area contributed by atoms with Crippen LogP contribution in [0.3, 0.4) is 0 Å². The number of carbonyl (C=O) groups excluding carboxylic acids is 2. The second-order valence-electron chi connectivity index (χ2n) is 5.51. The maximum Gasteiger partial charge on any atom is 0.416 e. The lowest BCUT2D eigenvalue weighted by molar-refractivity contribution is -0.130. The number of cyclic esters (lactones) is 1. The van der Waals surface area contributed by atoms with E-state index in [1.807, 2.05) is 25.7 Å². The molecule has 2 fully saturated rings. The van der Waals surface area contributed by atoms with Crippen molar-refractivity contribution in [3.63, 3.8) is 0 Å². The summed E-state index contributed by atoms with van der Waals surface area (Å²) in [4.78, 5) is 27.2. The van der Waals surface area contributed by atoms with Crippen molar-refractivity contribution in [2.75, 3.05) is 19.8 Å². The molecule has 112 valence electrons. The highest BCUT2D eigenvalue weighted by atomic mass is 32.1. The Morgan fingerprint density at radius 1 is 1.40 bits per heavy atom. The monoisotopic (exact) mass is 300 g/mol. The number of thiocarbonyl (C=S) groups is 1. The van der Waals surface area contributed by atoms with E-state index in [9.17, 15) is 9.59 Å². The largest absolute Gasteiger partial charge is 0.469 e. The third-order valence-electron chi connectivity index (χ3n) is 3.74. The highest BCUT2D eigenvalue weighted by Crippen LogP contribution is 2.22. The molecule has 2 aliphatic heterocycles. The van der Waals surface area contributed by atoms with Crippen LogP contribution in [0.25, 0.3) is 0 Å². The van der Waals surface area contributed by atoms with Gasteiger partial charge < -0.3 is 14.4 Å². The van der Waals surface area contributed by atoms with Gasteiger partial charge in [-0.1, -0.05) is 13.8 Å². The van der Waals surface area contributed by atoms with Crippen molar-refractivity contribution in [3.05, 3.63) is 0 Å². The highest BCUT2D eigenvalue weighted by molar-refractivity contribution is 7.80. The molecule has 0 N–H and O–H groups in total. The molecule has 0 spiro atoms. The first-order valence-electron chi connectivity index (χ1n) is 6.84. The van der Waals surface area contributed by atoms with Crippen molar-refractivity contribution < 1.29 is 19.1 Å². The molecular formula is C13H20N2O4S. The van der Waals surface area contributed by atoms with Crippen LogP contribution in [0.2, 0.25) is 0 Å². The van der Waals surface area contributed by atoms with Gasteiger partial charge in [0.1, 0.15) is 13.2 Å². The molecule has 0 radical (unpaired) electrons. The first-order valence-corrected chi connectivity index (χ1v) is 7.25. The van der Waals surface area contributed by atoms with E-state index in [4.69, 9.17) is 21.7 Å². The summed E-state index contributed by atoms with van der Waals surface area (Å²) in [6, 6.07) is -0.261. The predicted octanol–water partition coefficient (Wildman–Crippen LogP) is 1.39. The van der Waals surface area contributed by atoms with E-state index in [1.165, 1.54) is 4.90 Å². The fourth-order valence-electron chi connectivity index (χ4n) is 2.48. The van der Waals surface area contributed by atoms with Gasteiger partial charge in [0, 0.05) is 12.5 Å².